The monoisotopic (exact) mass is 322 g/mol. The van der Waals surface area contributed by atoms with Crippen LogP contribution in [-0.4, -0.2) is 37.0 Å². The summed E-state index contributed by atoms with van der Waals surface area (Å²) in [4.78, 5) is 13.7. The Balaban J connectivity index is 2.03. The van der Waals surface area contributed by atoms with Gasteiger partial charge in [0.1, 0.15) is 11.6 Å². The van der Waals surface area contributed by atoms with Crippen molar-refractivity contribution in [2.24, 2.45) is 5.92 Å². The number of halogens is 2. The lowest BCUT2D eigenvalue weighted by Gasteiger charge is -2.49. The van der Waals surface area contributed by atoms with Crippen molar-refractivity contribution in [2.75, 3.05) is 26.2 Å². The zero-order valence-corrected chi connectivity index (χ0v) is 13.6. The fourth-order valence-electron chi connectivity index (χ4n) is 4.39. The molecule has 0 spiro atoms. The van der Waals surface area contributed by atoms with Gasteiger partial charge in [-0.3, -0.25) is 4.79 Å². The second kappa shape index (κ2) is 6.56. The van der Waals surface area contributed by atoms with E-state index in [2.05, 4.69) is 5.32 Å². The van der Waals surface area contributed by atoms with Gasteiger partial charge >= 0.3 is 0 Å². The number of nitrogens with one attached hydrogen (secondary N) is 1. The molecular weight excluding hydrogens is 298 g/mol. The number of hydrogen-bond donors (Lipinski definition) is 1. The van der Waals surface area contributed by atoms with Gasteiger partial charge in [0.05, 0.1) is 0 Å². The molecule has 0 radical (unpaired) electrons. The Morgan fingerprint density at radius 1 is 1.30 bits per heavy atom. The molecule has 3 rings (SSSR count). The van der Waals surface area contributed by atoms with Gasteiger partial charge in [0.2, 0.25) is 5.91 Å². The number of nitrogens with zero attached hydrogens (tertiary/aromatic N) is 1. The normalized spacial score (nSPS) is 26.3. The number of piperidine rings is 2. The summed E-state index contributed by atoms with van der Waals surface area (Å²) in [5, 5.41) is 3.35. The van der Waals surface area contributed by atoms with Gasteiger partial charge in [-0.15, -0.1) is 0 Å². The van der Waals surface area contributed by atoms with Crippen LogP contribution >= 0.6 is 0 Å². The average Bonchev–Trinajstić information content (AvgIpc) is 2.55. The Hall–Kier alpha value is -1.49. The van der Waals surface area contributed by atoms with Crippen LogP contribution in [0.25, 0.3) is 0 Å². The standard InChI is InChI=1S/C18H24F2N2O/c1-13(23)22-10-2-7-18(12-22,14-5-8-21-9-6-14)16-4-3-15(19)11-17(16)20/h3-4,11,14,21H,2,5-10,12H2,1H3. The smallest absolute Gasteiger partial charge is 0.219 e. The maximum atomic E-state index is 14.6. The Labute approximate surface area is 136 Å². The summed E-state index contributed by atoms with van der Waals surface area (Å²) in [5.74, 6) is -0.684. The number of amides is 1. The minimum absolute atomic E-state index is 0.0329. The van der Waals surface area contributed by atoms with E-state index in [1.165, 1.54) is 6.07 Å². The molecule has 0 bridgehead atoms. The summed E-state index contributed by atoms with van der Waals surface area (Å²) >= 11 is 0. The molecule has 1 aromatic rings. The van der Waals surface area contributed by atoms with E-state index >= 15 is 0 Å². The summed E-state index contributed by atoms with van der Waals surface area (Å²) in [6.45, 7) is 4.66. The van der Waals surface area contributed by atoms with Crippen molar-refractivity contribution >= 4 is 5.91 Å². The van der Waals surface area contributed by atoms with Crippen LogP contribution in [0.15, 0.2) is 18.2 Å². The summed E-state index contributed by atoms with van der Waals surface area (Å²) in [7, 11) is 0. The van der Waals surface area contributed by atoms with Crippen LogP contribution in [0.4, 0.5) is 8.78 Å². The molecule has 0 aromatic heterocycles. The van der Waals surface area contributed by atoms with Gasteiger partial charge in [-0.25, -0.2) is 8.78 Å². The second-order valence-corrected chi connectivity index (χ2v) is 6.85. The molecule has 0 aliphatic carbocycles. The first kappa shape index (κ1) is 16.4. The second-order valence-electron chi connectivity index (χ2n) is 6.85. The fraction of sp³-hybridized carbons (Fsp3) is 0.611. The quantitative estimate of drug-likeness (QED) is 0.908. The van der Waals surface area contributed by atoms with Gasteiger partial charge in [-0.2, -0.15) is 0 Å². The van der Waals surface area contributed by atoms with Crippen molar-refractivity contribution < 1.29 is 13.6 Å². The number of rotatable bonds is 2. The maximum absolute atomic E-state index is 14.6. The van der Waals surface area contributed by atoms with E-state index in [9.17, 15) is 13.6 Å². The minimum atomic E-state index is -0.550. The lowest BCUT2D eigenvalue weighted by atomic mass is 9.62. The molecule has 2 aliphatic rings. The minimum Gasteiger partial charge on any atom is -0.342 e. The largest absolute Gasteiger partial charge is 0.342 e. The van der Waals surface area contributed by atoms with Crippen molar-refractivity contribution in [3.63, 3.8) is 0 Å². The molecule has 5 heteroatoms. The molecule has 2 aliphatic heterocycles. The molecule has 0 saturated carbocycles. The van der Waals surface area contributed by atoms with Gasteiger partial charge in [-0.1, -0.05) is 6.07 Å². The predicted octanol–water partition coefficient (Wildman–Crippen LogP) is 2.84. The zero-order valence-electron chi connectivity index (χ0n) is 13.6. The molecule has 2 heterocycles. The van der Waals surface area contributed by atoms with Crippen LogP contribution in [0.3, 0.4) is 0 Å². The maximum Gasteiger partial charge on any atom is 0.219 e. The Morgan fingerprint density at radius 2 is 2.04 bits per heavy atom. The third kappa shape index (κ3) is 3.11. The molecular formula is C18H24F2N2O. The van der Waals surface area contributed by atoms with E-state index in [0.717, 1.165) is 51.4 Å². The third-order valence-electron chi connectivity index (χ3n) is 5.56. The Bertz CT molecular complexity index is 586. The highest BCUT2D eigenvalue weighted by atomic mass is 19.1. The summed E-state index contributed by atoms with van der Waals surface area (Å²) in [6.07, 6.45) is 3.63. The first-order chi connectivity index (χ1) is 11.0. The number of benzene rings is 1. The van der Waals surface area contributed by atoms with E-state index in [1.54, 1.807) is 13.0 Å². The Kier molecular flexibility index (Phi) is 4.67. The van der Waals surface area contributed by atoms with E-state index in [0.29, 0.717) is 18.0 Å². The third-order valence-corrected chi connectivity index (χ3v) is 5.56. The predicted molar refractivity (Wildman–Crippen MR) is 85.1 cm³/mol. The van der Waals surface area contributed by atoms with E-state index in [4.69, 9.17) is 0 Å². The molecule has 2 saturated heterocycles. The SMILES string of the molecule is CC(=O)N1CCCC(c2ccc(F)cc2F)(C2CCNCC2)C1. The van der Waals surface area contributed by atoms with Crippen molar-refractivity contribution in [1.82, 2.24) is 10.2 Å². The molecule has 1 unspecified atom stereocenters. The van der Waals surface area contributed by atoms with Gasteiger partial charge < -0.3 is 10.2 Å². The van der Waals surface area contributed by atoms with Gasteiger partial charge in [0, 0.05) is 31.5 Å². The first-order valence-corrected chi connectivity index (χ1v) is 8.45. The van der Waals surface area contributed by atoms with Crippen LogP contribution in [0.1, 0.15) is 38.2 Å². The van der Waals surface area contributed by atoms with Crippen LogP contribution < -0.4 is 5.32 Å². The van der Waals surface area contributed by atoms with Gasteiger partial charge in [-0.05, 0) is 56.3 Å². The topological polar surface area (TPSA) is 32.3 Å². The van der Waals surface area contributed by atoms with Gasteiger partial charge in [0.25, 0.3) is 0 Å². The lowest BCUT2D eigenvalue weighted by molar-refractivity contribution is -0.131. The van der Waals surface area contributed by atoms with Crippen LogP contribution in [0, 0.1) is 17.6 Å². The zero-order chi connectivity index (χ0) is 16.4. The molecule has 1 aromatic carbocycles. The van der Waals surface area contributed by atoms with Crippen molar-refractivity contribution in [3.05, 3.63) is 35.4 Å². The molecule has 1 atom stereocenters. The van der Waals surface area contributed by atoms with Crippen molar-refractivity contribution in [1.29, 1.82) is 0 Å². The summed E-state index contributed by atoms with van der Waals surface area (Å²) < 4.78 is 28.0. The van der Waals surface area contributed by atoms with Crippen LogP contribution in [-0.2, 0) is 10.2 Å². The molecule has 126 valence electrons. The first-order valence-electron chi connectivity index (χ1n) is 8.45. The van der Waals surface area contributed by atoms with E-state index < -0.39 is 17.0 Å². The highest BCUT2D eigenvalue weighted by Crippen LogP contribution is 2.45. The molecule has 2 fully saturated rings. The Morgan fingerprint density at radius 3 is 2.70 bits per heavy atom. The number of carbonyl (C=O) groups is 1. The van der Waals surface area contributed by atoms with E-state index in [-0.39, 0.29) is 5.91 Å². The van der Waals surface area contributed by atoms with Gasteiger partial charge in [0.15, 0.2) is 0 Å². The van der Waals surface area contributed by atoms with Crippen molar-refractivity contribution in [3.8, 4) is 0 Å². The lowest BCUT2D eigenvalue weighted by Crippen LogP contribution is -2.54. The summed E-state index contributed by atoms with van der Waals surface area (Å²) in [6, 6.07) is 3.91. The molecule has 3 nitrogen and oxygen atoms in total. The van der Waals surface area contributed by atoms with E-state index in [1.807, 2.05) is 4.90 Å². The van der Waals surface area contributed by atoms with Crippen molar-refractivity contribution in [2.45, 2.75) is 38.0 Å². The highest BCUT2D eigenvalue weighted by Gasteiger charge is 2.45. The summed E-state index contributed by atoms with van der Waals surface area (Å²) in [5.41, 5.74) is 0.181. The molecule has 23 heavy (non-hydrogen) atoms. The average molecular weight is 322 g/mol. The highest BCUT2D eigenvalue weighted by molar-refractivity contribution is 5.73. The van der Waals surface area contributed by atoms with Crippen LogP contribution in [0.2, 0.25) is 0 Å². The number of hydrogen-bond acceptors (Lipinski definition) is 2. The molecule has 1 N–H and O–H groups in total. The number of carbonyl (C=O) groups excluding carboxylic acids is 1. The molecule has 1 amide bonds. The number of likely N-dealkylation sites (tertiary alicyclic amines) is 1. The van der Waals surface area contributed by atoms with Crippen LogP contribution in [0.5, 0.6) is 0 Å². The fourth-order valence-corrected chi connectivity index (χ4v) is 4.39.